The first-order valence-corrected chi connectivity index (χ1v) is 7.60. The first-order valence-electron chi connectivity index (χ1n) is 7.22. The lowest BCUT2D eigenvalue weighted by Gasteiger charge is -2.25. The van der Waals surface area contributed by atoms with Crippen LogP contribution in [0.15, 0.2) is 48.8 Å². The Morgan fingerprint density at radius 1 is 1.24 bits per heavy atom. The van der Waals surface area contributed by atoms with Crippen molar-refractivity contribution in [1.82, 2.24) is 15.2 Å². The van der Waals surface area contributed by atoms with Gasteiger partial charge in [0.1, 0.15) is 0 Å². The summed E-state index contributed by atoms with van der Waals surface area (Å²) in [6.45, 7) is 5.01. The Morgan fingerprint density at radius 3 is 2.67 bits per heavy atom. The topological polar surface area (TPSA) is 28.2 Å². The molecule has 1 atom stereocenters. The molecule has 3 nitrogen and oxygen atoms in total. The van der Waals surface area contributed by atoms with Gasteiger partial charge in [0.05, 0.1) is 0 Å². The van der Waals surface area contributed by atoms with Gasteiger partial charge >= 0.3 is 0 Å². The molecule has 0 aliphatic rings. The molecule has 1 aromatic heterocycles. The Morgan fingerprint density at radius 2 is 2.00 bits per heavy atom. The SMILES string of the molecule is CC(c1ccc(Cl)cc1)N(C)CCNCc1cccnc1. The highest BCUT2D eigenvalue weighted by Gasteiger charge is 2.10. The molecule has 1 N–H and O–H groups in total. The molecule has 1 unspecified atom stereocenters. The van der Waals surface area contributed by atoms with E-state index in [9.17, 15) is 0 Å². The molecule has 0 saturated carbocycles. The molecule has 0 fully saturated rings. The van der Waals surface area contributed by atoms with Crippen LogP contribution in [-0.2, 0) is 6.54 Å². The van der Waals surface area contributed by atoms with Gasteiger partial charge in [-0.25, -0.2) is 0 Å². The molecule has 2 rings (SSSR count). The Kier molecular flexibility index (Phi) is 6.18. The first kappa shape index (κ1) is 16.0. The highest BCUT2D eigenvalue weighted by Crippen LogP contribution is 2.20. The van der Waals surface area contributed by atoms with Crippen molar-refractivity contribution in [3.63, 3.8) is 0 Å². The summed E-state index contributed by atoms with van der Waals surface area (Å²) in [6.07, 6.45) is 3.69. The van der Waals surface area contributed by atoms with Crippen molar-refractivity contribution in [1.29, 1.82) is 0 Å². The second kappa shape index (κ2) is 8.13. The fraction of sp³-hybridized carbons (Fsp3) is 0.353. The van der Waals surface area contributed by atoms with E-state index in [-0.39, 0.29) is 0 Å². The third kappa shape index (κ3) is 5.12. The number of likely N-dealkylation sites (N-methyl/N-ethyl adjacent to an activating group) is 1. The van der Waals surface area contributed by atoms with Crippen LogP contribution in [0.2, 0.25) is 5.02 Å². The average Bonchev–Trinajstić information content (AvgIpc) is 2.52. The van der Waals surface area contributed by atoms with Gasteiger partial charge in [-0.15, -0.1) is 0 Å². The zero-order chi connectivity index (χ0) is 15.1. The van der Waals surface area contributed by atoms with Crippen molar-refractivity contribution in [2.75, 3.05) is 20.1 Å². The molecule has 0 aliphatic heterocycles. The highest BCUT2D eigenvalue weighted by atomic mass is 35.5. The fourth-order valence-corrected chi connectivity index (χ4v) is 2.31. The minimum Gasteiger partial charge on any atom is -0.311 e. The largest absolute Gasteiger partial charge is 0.311 e. The summed E-state index contributed by atoms with van der Waals surface area (Å²) >= 11 is 5.93. The van der Waals surface area contributed by atoms with Gasteiger partial charge < -0.3 is 5.32 Å². The molecule has 112 valence electrons. The predicted molar refractivity (Wildman–Crippen MR) is 88.4 cm³/mol. The molecule has 0 spiro atoms. The molecule has 4 heteroatoms. The second-order valence-electron chi connectivity index (χ2n) is 5.25. The van der Waals surface area contributed by atoms with E-state index in [0.29, 0.717) is 6.04 Å². The van der Waals surface area contributed by atoms with E-state index < -0.39 is 0 Å². The molecule has 1 heterocycles. The minimum absolute atomic E-state index is 0.377. The van der Waals surface area contributed by atoms with Crippen LogP contribution in [0.1, 0.15) is 24.1 Å². The average molecular weight is 304 g/mol. The van der Waals surface area contributed by atoms with E-state index in [1.54, 1.807) is 6.20 Å². The molecular formula is C17H22ClN3. The smallest absolute Gasteiger partial charge is 0.0406 e. The second-order valence-corrected chi connectivity index (χ2v) is 5.68. The quantitative estimate of drug-likeness (QED) is 0.793. The van der Waals surface area contributed by atoms with Gasteiger partial charge in [-0.2, -0.15) is 0 Å². The number of hydrogen-bond donors (Lipinski definition) is 1. The van der Waals surface area contributed by atoms with E-state index in [1.807, 2.05) is 24.4 Å². The highest BCUT2D eigenvalue weighted by molar-refractivity contribution is 6.30. The third-order valence-electron chi connectivity index (χ3n) is 3.71. The number of aromatic nitrogens is 1. The lowest BCUT2D eigenvalue weighted by atomic mass is 10.1. The monoisotopic (exact) mass is 303 g/mol. The number of nitrogens with zero attached hydrogens (tertiary/aromatic N) is 2. The standard InChI is InChI=1S/C17H22ClN3/c1-14(16-5-7-17(18)8-6-16)21(2)11-10-20-13-15-4-3-9-19-12-15/h3-9,12,14,20H,10-11,13H2,1-2H3. The number of rotatable bonds is 7. The molecule has 0 amide bonds. The van der Waals surface area contributed by atoms with Gasteiger partial charge in [0.2, 0.25) is 0 Å². The molecule has 21 heavy (non-hydrogen) atoms. The molecule has 0 aliphatic carbocycles. The molecule has 0 saturated heterocycles. The summed E-state index contributed by atoms with van der Waals surface area (Å²) in [4.78, 5) is 6.45. The summed E-state index contributed by atoms with van der Waals surface area (Å²) in [7, 11) is 2.14. The van der Waals surface area contributed by atoms with Crippen LogP contribution in [0.5, 0.6) is 0 Å². The fourth-order valence-electron chi connectivity index (χ4n) is 2.18. The normalized spacial score (nSPS) is 12.6. The van der Waals surface area contributed by atoms with Crippen molar-refractivity contribution in [3.05, 3.63) is 64.9 Å². The van der Waals surface area contributed by atoms with Crippen LogP contribution < -0.4 is 5.32 Å². The molecule has 0 radical (unpaired) electrons. The number of nitrogens with one attached hydrogen (secondary N) is 1. The molecular weight excluding hydrogens is 282 g/mol. The Balaban J connectivity index is 1.74. The van der Waals surface area contributed by atoms with Crippen LogP contribution in [0.3, 0.4) is 0 Å². The van der Waals surface area contributed by atoms with E-state index in [1.165, 1.54) is 11.1 Å². The number of benzene rings is 1. The van der Waals surface area contributed by atoms with Crippen LogP contribution in [0.25, 0.3) is 0 Å². The number of pyridine rings is 1. The Labute approximate surface area is 132 Å². The van der Waals surface area contributed by atoms with Gasteiger partial charge in [-0.05, 0) is 43.3 Å². The van der Waals surface area contributed by atoms with Crippen molar-refractivity contribution < 1.29 is 0 Å². The number of halogens is 1. The van der Waals surface area contributed by atoms with Gasteiger partial charge in [0, 0.05) is 43.1 Å². The van der Waals surface area contributed by atoms with Crippen LogP contribution in [-0.4, -0.2) is 30.0 Å². The van der Waals surface area contributed by atoms with Gasteiger partial charge in [-0.1, -0.05) is 29.8 Å². The predicted octanol–water partition coefficient (Wildman–Crippen LogP) is 3.52. The lowest BCUT2D eigenvalue weighted by Crippen LogP contribution is -2.31. The van der Waals surface area contributed by atoms with E-state index in [4.69, 9.17) is 11.6 Å². The van der Waals surface area contributed by atoms with E-state index in [2.05, 4.69) is 47.4 Å². The van der Waals surface area contributed by atoms with Crippen LogP contribution in [0.4, 0.5) is 0 Å². The van der Waals surface area contributed by atoms with Gasteiger partial charge in [-0.3, -0.25) is 9.88 Å². The van der Waals surface area contributed by atoms with Gasteiger partial charge in [0.15, 0.2) is 0 Å². The Bertz CT molecular complexity index is 527. The summed E-state index contributed by atoms with van der Waals surface area (Å²) < 4.78 is 0. The molecule has 1 aromatic carbocycles. The van der Waals surface area contributed by atoms with Crippen molar-refractivity contribution in [2.45, 2.75) is 19.5 Å². The minimum atomic E-state index is 0.377. The maximum absolute atomic E-state index is 5.93. The summed E-state index contributed by atoms with van der Waals surface area (Å²) in [5.41, 5.74) is 2.50. The Hall–Kier alpha value is -1.42. The third-order valence-corrected chi connectivity index (χ3v) is 3.96. The molecule has 0 bridgehead atoms. The zero-order valence-electron chi connectivity index (χ0n) is 12.6. The maximum atomic E-state index is 5.93. The van der Waals surface area contributed by atoms with E-state index in [0.717, 1.165) is 24.7 Å². The summed E-state index contributed by atoms with van der Waals surface area (Å²) in [5, 5.41) is 4.23. The van der Waals surface area contributed by atoms with Crippen molar-refractivity contribution >= 4 is 11.6 Å². The number of hydrogen-bond acceptors (Lipinski definition) is 3. The van der Waals surface area contributed by atoms with Crippen LogP contribution in [0, 0.1) is 0 Å². The van der Waals surface area contributed by atoms with Crippen molar-refractivity contribution in [2.24, 2.45) is 0 Å². The first-order chi connectivity index (χ1) is 10.2. The van der Waals surface area contributed by atoms with Gasteiger partial charge in [0.25, 0.3) is 0 Å². The molecule has 2 aromatic rings. The zero-order valence-corrected chi connectivity index (χ0v) is 13.3. The van der Waals surface area contributed by atoms with E-state index >= 15 is 0 Å². The summed E-state index contributed by atoms with van der Waals surface area (Å²) in [5.74, 6) is 0. The summed E-state index contributed by atoms with van der Waals surface area (Å²) in [6, 6.07) is 12.5. The van der Waals surface area contributed by atoms with Crippen molar-refractivity contribution in [3.8, 4) is 0 Å². The lowest BCUT2D eigenvalue weighted by molar-refractivity contribution is 0.261. The maximum Gasteiger partial charge on any atom is 0.0406 e. The van der Waals surface area contributed by atoms with Crippen LogP contribution >= 0.6 is 11.6 Å².